The van der Waals surface area contributed by atoms with Crippen molar-refractivity contribution < 1.29 is 14.1 Å². The fraction of sp³-hybridized carbons (Fsp3) is 0.750. The summed E-state index contributed by atoms with van der Waals surface area (Å²) in [5.74, 6) is 1.87. The van der Waals surface area contributed by atoms with Crippen LogP contribution in [-0.4, -0.2) is 58.1 Å². The lowest BCUT2D eigenvalue weighted by atomic mass is 9.91. The highest BCUT2D eigenvalue weighted by Crippen LogP contribution is 2.25. The summed E-state index contributed by atoms with van der Waals surface area (Å²) in [5.41, 5.74) is 5.34. The van der Waals surface area contributed by atoms with E-state index >= 15 is 0 Å². The van der Waals surface area contributed by atoms with Crippen LogP contribution in [0.2, 0.25) is 0 Å². The largest absolute Gasteiger partial charge is 0.351 e. The highest BCUT2D eigenvalue weighted by Gasteiger charge is 2.32. The van der Waals surface area contributed by atoms with Crippen molar-refractivity contribution in [3.63, 3.8) is 0 Å². The number of nitrogens with zero attached hydrogens (tertiary/aromatic N) is 4. The van der Waals surface area contributed by atoms with Crippen LogP contribution in [0.5, 0.6) is 0 Å². The summed E-state index contributed by atoms with van der Waals surface area (Å²) in [6.07, 6.45) is 4.34. The van der Waals surface area contributed by atoms with Gasteiger partial charge in [0.15, 0.2) is 5.82 Å². The zero-order valence-electron chi connectivity index (χ0n) is 14.1. The summed E-state index contributed by atoms with van der Waals surface area (Å²) in [4.78, 5) is 31.8. The van der Waals surface area contributed by atoms with Gasteiger partial charge in [-0.25, -0.2) is 4.79 Å². The van der Waals surface area contributed by atoms with Crippen molar-refractivity contribution in [1.29, 1.82) is 0 Å². The molecular formula is C16H25N5O3. The van der Waals surface area contributed by atoms with E-state index in [1.165, 1.54) is 0 Å². The molecule has 1 atom stereocenters. The fourth-order valence-corrected chi connectivity index (χ4v) is 3.66. The van der Waals surface area contributed by atoms with E-state index in [0.29, 0.717) is 30.7 Å². The van der Waals surface area contributed by atoms with E-state index in [-0.39, 0.29) is 11.8 Å². The Morgan fingerprint density at radius 2 is 1.96 bits per heavy atom. The fourth-order valence-electron chi connectivity index (χ4n) is 3.66. The minimum atomic E-state index is -0.430. The third kappa shape index (κ3) is 3.85. The van der Waals surface area contributed by atoms with E-state index < -0.39 is 6.03 Å². The Balaban J connectivity index is 1.49. The molecule has 3 amide bonds. The summed E-state index contributed by atoms with van der Waals surface area (Å²) >= 11 is 0. The first-order chi connectivity index (χ1) is 11.5. The number of primary amides is 1. The third-order valence-corrected chi connectivity index (χ3v) is 5.04. The number of piperidine rings is 2. The first-order valence-corrected chi connectivity index (χ1v) is 8.65. The van der Waals surface area contributed by atoms with Crippen molar-refractivity contribution in [3.8, 4) is 0 Å². The van der Waals surface area contributed by atoms with Gasteiger partial charge in [-0.15, -0.1) is 0 Å². The molecule has 2 fully saturated rings. The van der Waals surface area contributed by atoms with E-state index in [1.807, 2.05) is 11.8 Å². The average molecular weight is 335 g/mol. The molecule has 1 aromatic rings. The second-order valence-electron chi connectivity index (χ2n) is 6.83. The lowest BCUT2D eigenvalue weighted by molar-refractivity contribution is -0.138. The second kappa shape index (κ2) is 7.19. The molecule has 0 unspecified atom stereocenters. The molecule has 0 spiro atoms. The smallest absolute Gasteiger partial charge is 0.314 e. The minimum Gasteiger partial charge on any atom is -0.351 e. The Morgan fingerprint density at radius 3 is 2.58 bits per heavy atom. The Hall–Kier alpha value is -2.12. The van der Waals surface area contributed by atoms with Gasteiger partial charge in [-0.2, -0.15) is 4.98 Å². The van der Waals surface area contributed by atoms with E-state index in [4.69, 9.17) is 10.3 Å². The second-order valence-corrected chi connectivity index (χ2v) is 6.83. The van der Waals surface area contributed by atoms with Crippen molar-refractivity contribution in [2.24, 2.45) is 17.6 Å². The highest BCUT2D eigenvalue weighted by atomic mass is 16.5. The number of carbonyl (C=O) groups is 2. The van der Waals surface area contributed by atoms with Gasteiger partial charge in [0, 0.05) is 32.6 Å². The standard InChI is InChI=1S/C16H25N5O3/c1-11-18-14(24-19-11)9-12-4-7-20(8-5-12)15(22)13-3-2-6-21(10-13)16(17)23/h12-13H,2-10H2,1H3,(H2,17,23)/t13-/m0/s1. The van der Waals surface area contributed by atoms with Crippen LogP contribution in [0.25, 0.3) is 0 Å². The van der Waals surface area contributed by atoms with Crippen LogP contribution < -0.4 is 5.73 Å². The summed E-state index contributed by atoms with van der Waals surface area (Å²) in [6.45, 7) is 4.43. The van der Waals surface area contributed by atoms with Crippen molar-refractivity contribution >= 4 is 11.9 Å². The molecule has 0 aliphatic carbocycles. The van der Waals surface area contributed by atoms with Gasteiger partial charge in [0.25, 0.3) is 0 Å². The Morgan fingerprint density at radius 1 is 1.21 bits per heavy atom. The minimum absolute atomic E-state index is 0.110. The summed E-state index contributed by atoms with van der Waals surface area (Å²) in [5, 5.41) is 3.81. The van der Waals surface area contributed by atoms with E-state index in [2.05, 4.69) is 10.1 Å². The van der Waals surface area contributed by atoms with Gasteiger partial charge in [-0.1, -0.05) is 5.16 Å². The molecule has 2 saturated heterocycles. The van der Waals surface area contributed by atoms with Gasteiger partial charge in [-0.3, -0.25) is 4.79 Å². The lowest BCUT2D eigenvalue weighted by Crippen LogP contribution is -2.49. The van der Waals surface area contributed by atoms with E-state index in [1.54, 1.807) is 4.90 Å². The van der Waals surface area contributed by atoms with Gasteiger partial charge in [-0.05, 0) is 38.5 Å². The van der Waals surface area contributed by atoms with Crippen molar-refractivity contribution in [3.05, 3.63) is 11.7 Å². The zero-order chi connectivity index (χ0) is 17.1. The molecule has 132 valence electrons. The van der Waals surface area contributed by atoms with Crippen LogP contribution in [0.3, 0.4) is 0 Å². The SMILES string of the molecule is Cc1noc(CC2CCN(C(=O)[C@H]3CCCN(C(N)=O)C3)CC2)n1. The summed E-state index contributed by atoms with van der Waals surface area (Å²) in [7, 11) is 0. The van der Waals surface area contributed by atoms with Crippen molar-refractivity contribution in [2.45, 2.75) is 39.0 Å². The van der Waals surface area contributed by atoms with Gasteiger partial charge in [0.2, 0.25) is 11.8 Å². The highest BCUT2D eigenvalue weighted by molar-refractivity contribution is 5.80. The first kappa shape index (κ1) is 16.7. The van der Waals surface area contributed by atoms with Crippen molar-refractivity contribution in [1.82, 2.24) is 19.9 Å². The number of nitrogens with two attached hydrogens (primary N) is 1. The third-order valence-electron chi connectivity index (χ3n) is 5.04. The summed E-state index contributed by atoms with van der Waals surface area (Å²) in [6, 6.07) is -0.430. The molecule has 0 saturated carbocycles. The van der Waals surface area contributed by atoms with Gasteiger partial charge < -0.3 is 20.1 Å². The number of hydrogen-bond donors (Lipinski definition) is 1. The maximum Gasteiger partial charge on any atom is 0.314 e. The molecule has 0 bridgehead atoms. The number of urea groups is 1. The normalized spacial score (nSPS) is 22.6. The maximum absolute atomic E-state index is 12.7. The maximum atomic E-state index is 12.7. The monoisotopic (exact) mass is 335 g/mol. The van der Waals surface area contributed by atoms with E-state index in [9.17, 15) is 9.59 Å². The molecule has 8 heteroatoms. The lowest BCUT2D eigenvalue weighted by Gasteiger charge is -2.37. The van der Waals surface area contributed by atoms with Crippen LogP contribution in [0, 0.1) is 18.8 Å². The molecule has 2 aliphatic rings. The number of aromatic nitrogens is 2. The molecule has 3 rings (SSSR count). The predicted molar refractivity (Wildman–Crippen MR) is 85.9 cm³/mol. The number of rotatable bonds is 3. The Bertz CT molecular complexity index is 594. The van der Waals surface area contributed by atoms with Crippen molar-refractivity contribution in [2.75, 3.05) is 26.2 Å². The average Bonchev–Trinajstić information content (AvgIpc) is 3.00. The number of amides is 3. The number of hydrogen-bond acceptors (Lipinski definition) is 5. The number of aryl methyl sites for hydroxylation is 1. The molecule has 0 radical (unpaired) electrons. The van der Waals surface area contributed by atoms with Gasteiger partial charge in [0.05, 0.1) is 5.92 Å². The van der Waals surface area contributed by atoms with Crippen LogP contribution >= 0.6 is 0 Å². The Kier molecular flexibility index (Phi) is 5.01. The first-order valence-electron chi connectivity index (χ1n) is 8.65. The van der Waals surface area contributed by atoms with Crippen LogP contribution in [0.4, 0.5) is 4.79 Å². The molecular weight excluding hydrogens is 310 g/mol. The molecule has 2 N–H and O–H groups in total. The number of carbonyl (C=O) groups excluding carboxylic acids is 2. The molecule has 24 heavy (non-hydrogen) atoms. The number of likely N-dealkylation sites (tertiary alicyclic amines) is 2. The molecule has 1 aromatic heterocycles. The Labute approximate surface area is 141 Å². The quantitative estimate of drug-likeness (QED) is 0.885. The predicted octanol–water partition coefficient (Wildman–Crippen LogP) is 0.950. The van der Waals surface area contributed by atoms with Crippen LogP contribution in [-0.2, 0) is 11.2 Å². The summed E-state index contributed by atoms with van der Waals surface area (Å²) < 4.78 is 5.18. The molecule has 8 nitrogen and oxygen atoms in total. The topological polar surface area (TPSA) is 106 Å². The van der Waals surface area contributed by atoms with Gasteiger partial charge in [0.1, 0.15) is 0 Å². The van der Waals surface area contributed by atoms with Crippen LogP contribution in [0.1, 0.15) is 37.4 Å². The molecule has 2 aliphatic heterocycles. The molecule has 3 heterocycles. The van der Waals surface area contributed by atoms with E-state index in [0.717, 1.165) is 45.2 Å². The molecule has 0 aromatic carbocycles. The van der Waals surface area contributed by atoms with Gasteiger partial charge >= 0.3 is 6.03 Å². The van der Waals surface area contributed by atoms with Crippen LogP contribution in [0.15, 0.2) is 4.52 Å². The zero-order valence-corrected chi connectivity index (χ0v) is 14.1.